The number of ether oxygens (including phenoxy) is 1. The first-order valence-corrected chi connectivity index (χ1v) is 10.3. The van der Waals surface area contributed by atoms with Gasteiger partial charge in [0.2, 0.25) is 0 Å². The van der Waals surface area contributed by atoms with Gasteiger partial charge in [-0.25, -0.2) is 9.78 Å². The second-order valence-electron chi connectivity index (χ2n) is 6.96. The number of hydrogen-bond acceptors (Lipinski definition) is 7. The van der Waals surface area contributed by atoms with E-state index in [1.807, 2.05) is 24.3 Å². The number of carbonyl (C=O) groups excluding carboxylic acids is 1. The van der Waals surface area contributed by atoms with Gasteiger partial charge < -0.3 is 15.0 Å². The molecule has 0 aliphatic carbocycles. The van der Waals surface area contributed by atoms with Crippen molar-refractivity contribution in [2.45, 2.75) is 6.92 Å². The van der Waals surface area contributed by atoms with Gasteiger partial charge in [-0.15, -0.1) is 10.2 Å². The van der Waals surface area contributed by atoms with Crippen molar-refractivity contribution in [2.75, 3.05) is 11.9 Å². The van der Waals surface area contributed by atoms with Crippen molar-refractivity contribution < 1.29 is 9.53 Å². The second kappa shape index (κ2) is 8.24. The maximum Gasteiger partial charge on any atom is 0.338 e. The molecule has 0 radical (unpaired) electrons. The first-order chi connectivity index (χ1) is 15.7. The van der Waals surface area contributed by atoms with E-state index in [0.29, 0.717) is 34.5 Å². The van der Waals surface area contributed by atoms with Gasteiger partial charge >= 0.3 is 5.97 Å². The van der Waals surface area contributed by atoms with Gasteiger partial charge in [0, 0.05) is 34.1 Å². The van der Waals surface area contributed by atoms with Gasteiger partial charge in [0.25, 0.3) is 0 Å². The minimum absolute atomic E-state index is 0.297. The highest BCUT2D eigenvalue weighted by atomic mass is 35.5. The fraction of sp³-hybridized carbons (Fsp3) is 0.0870. The number of halogens is 1. The lowest BCUT2D eigenvalue weighted by Crippen LogP contribution is -2.05. The summed E-state index contributed by atoms with van der Waals surface area (Å²) in [7, 11) is 0. The number of fused-ring (bicyclic) bond motifs is 3. The molecule has 3 heterocycles. The third-order valence-corrected chi connectivity index (χ3v) is 5.34. The first-order valence-electron chi connectivity index (χ1n) is 9.92. The van der Waals surface area contributed by atoms with Crippen LogP contribution in [0.25, 0.3) is 33.1 Å². The van der Waals surface area contributed by atoms with Crippen LogP contribution in [0.15, 0.2) is 61.2 Å². The number of aromatic amines is 1. The number of nitrogens with zero attached hydrogens (tertiary/aromatic N) is 4. The number of carbonyl (C=O) groups is 1. The monoisotopic (exact) mass is 444 g/mol. The predicted octanol–water partition coefficient (Wildman–Crippen LogP) is 5.14. The Morgan fingerprint density at radius 3 is 2.84 bits per heavy atom. The van der Waals surface area contributed by atoms with Crippen LogP contribution in [0.5, 0.6) is 0 Å². The highest BCUT2D eigenvalue weighted by Crippen LogP contribution is 2.35. The van der Waals surface area contributed by atoms with Crippen LogP contribution in [-0.2, 0) is 4.74 Å². The molecule has 9 heteroatoms. The van der Waals surface area contributed by atoms with Gasteiger partial charge in [0.1, 0.15) is 12.1 Å². The van der Waals surface area contributed by atoms with Crippen molar-refractivity contribution in [2.24, 2.45) is 0 Å². The summed E-state index contributed by atoms with van der Waals surface area (Å²) in [5.41, 5.74) is 2.56. The van der Waals surface area contributed by atoms with Gasteiger partial charge in [0.05, 0.1) is 28.4 Å². The third kappa shape index (κ3) is 3.50. The summed E-state index contributed by atoms with van der Waals surface area (Å²) in [6.45, 7) is 2.05. The number of anilines is 2. The molecule has 0 saturated heterocycles. The molecule has 0 amide bonds. The standard InChI is InChI=1S/C23H17ClN6O2/c1-2-32-23(31)13-6-7-19(18(24)10-13)28-22-15-8-9-25-11-17(15)14-4-3-5-16(20(14)29-22)21-26-12-27-30-21/h3-12H,2H2,1H3,(H,28,29)(H,26,27,30). The Morgan fingerprint density at radius 1 is 1.16 bits per heavy atom. The SMILES string of the molecule is CCOC(=O)c1ccc(Nc2nc3c(-c4nnc[nH]4)cccc3c3cnccc23)c(Cl)c1. The number of rotatable bonds is 5. The number of benzene rings is 2. The average Bonchev–Trinajstić information content (AvgIpc) is 3.35. The first kappa shape index (κ1) is 19.9. The zero-order valence-electron chi connectivity index (χ0n) is 17.0. The van der Waals surface area contributed by atoms with E-state index >= 15 is 0 Å². The Kier molecular flexibility index (Phi) is 5.12. The molecule has 5 rings (SSSR count). The zero-order valence-corrected chi connectivity index (χ0v) is 17.7. The molecule has 0 atom stereocenters. The van der Waals surface area contributed by atoms with Crippen molar-refractivity contribution in [3.05, 3.63) is 71.8 Å². The molecule has 5 aromatic rings. The Morgan fingerprint density at radius 2 is 2.06 bits per heavy atom. The maximum atomic E-state index is 12.0. The molecule has 3 aromatic heterocycles. The summed E-state index contributed by atoms with van der Waals surface area (Å²) in [4.78, 5) is 24.2. The van der Waals surface area contributed by atoms with E-state index in [-0.39, 0.29) is 0 Å². The smallest absolute Gasteiger partial charge is 0.338 e. The van der Waals surface area contributed by atoms with E-state index in [2.05, 4.69) is 25.5 Å². The number of esters is 1. The maximum absolute atomic E-state index is 12.0. The van der Waals surface area contributed by atoms with Crippen molar-refractivity contribution in [3.63, 3.8) is 0 Å². The highest BCUT2D eigenvalue weighted by molar-refractivity contribution is 6.33. The van der Waals surface area contributed by atoms with Crippen LogP contribution < -0.4 is 5.32 Å². The molecular formula is C23H17ClN6O2. The molecule has 0 aliphatic rings. The minimum atomic E-state index is -0.419. The average molecular weight is 445 g/mol. The van der Waals surface area contributed by atoms with E-state index in [1.165, 1.54) is 6.33 Å². The van der Waals surface area contributed by atoms with Gasteiger partial charge in [-0.3, -0.25) is 4.98 Å². The number of nitrogens with one attached hydrogen (secondary N) is 2. The van der Waals surface area contributed by atoms with Crippen LogP contribution in [0.4, 0.5) is 11.5 Å². The van der Waals surface area contributed by atoms with Crippen LogP contribution in [0.2, 0.25) is 5.02 Å². The summed E-state index contributed by atoms with van der Waals surface area (Å²) >= 11 is 6.47. The molecule has 0 saturated carbocycles. The molecule has 0 spiro atoms. The highest BCUT2D eigenvalue weighted by Gasteiger charge is 2.16. The van der Waals surface area contributed by atoms with E-state index in [4.69, 9.17) is 21.3 Å². The van der Waals surface area contributed by atoms with Crippen LogP contribution in [0, 0.1) is 0 Å². The van der Waals surface area contributed by atoms with Gasteiger partial charge in [-0.2, -0.15) is 0 Å². The molecule has 158 valence electrons. The number of hydrogen-bond donors (Lipinski definition) is 2. The second-order valence-corrected chi connectivity index (χ2v) is 7.37. The molecule has 0 unspecified atom stereocenters. The fourth-order valence-electron chi connectivity index (χ4n) is 3.58. The van der Waals surface area contributed by atoms with Crippen LogP contribution >= 0.6 is 11.6 Å². The summed E-state index contributed by atoms with van der Waals surface area (Å²) in [5, 5.41) is 14.5. The third-order valence-electron chi connectivity index (χ3n) is 5.03. The summed E-state index contributed by atoms with van der Waals surface area (Å²) in [6.07, 6.45) is 5.05. The Bertz CT molecular complexity index is 1450. The van der Waals surface area contributed by atoms with Gasteiger partial charge in [0.15, 0.2) is 5.82 Å². The van der Waals surface area contributed by atoms with Crippen molar-refractivity contribution in [1.82, 2.24) is 25.1 Å². The Labute approximate surface area is 187 Å². The summed E-state index contributed by atoms with van der Waals surface area (Å²) in [6, 6.07) is 12.7. The van der Waals surface area contributed by atoms with E-state index in [1.54, 1.807) is 37.5 Å². The fourth-order valence-corrected chi connectivity index (χ4v) is 3.81. The predicted molar refractivity (Wildman–Crippen MR) is 123 cm³/mol. The van der Waals surface area contributed by atoms with Crippen molar-refractivity contribution in [1.29, 1.82) is 0 Å². The number of pyridine rings is 2. The van der Waals surface area contributed by atoms with Crippen LogP contribution in [0.3, 0.4) is 0 Å². The van der Waals surface area contributed by atoms with Gasteiger partial charge in [-0.1, -0.05) is 23.7 Å². The number of H-pyrrole nitrogens is 1. The van der Waals surface area contributed by atoms with E-state index in [9.17, 15) is 4.79 Å². The lowest BCUT2D eigenvalue weighted by Gasteiger charge is -2.14. The topological polar surface area (TPSA) is 106 Å². The van der Waals surface area contributed by atoms with E-state index in [0.717, 1.165) is 27.2 Å². The molecule has 0 aliphatic heterocycles. The van der Waals surface area contributed by atoms with Crippen molar-refractivity contribution >= 4 is 50.8 Å². The number of para-hydroxylation sites is 1. The zero-order chi connectivity index (χ0) is 22.1. The molecule has 8 nitrogen and oxygen atoms in total. The molecule has 32 heavy (non-hydrogen) atoms. The largest absolute Gasteiger partial charge is 0.462 e. The molecule has 0 fully saturated rings. The summed E-state index contributed by atoms with van der Waals surface area (Å²) in [5.74, 6) is 0.805. The van der Waals surface area contributed by atoms with Crippen LogP contribution in [0.1, 0.15) is 17.3 Å². The van der Waals surface area contributed by atoms with Crippen LogP contribution in [-0.4, -0.2) is 37.7 Å². The van der Waals surface area contributed by atoms with Gasteiger partial charge in [-0.05, 0) is 37.3 Å². The lowest BCUT2D eigenvalue weighted by atomic mass is 10.0. The number of aromatic nitrogens is 5. The Balaban J connectivity index is 1.65. The molecule has 2 N–H and O–H groups in total. The molecular weight excluding hydrogens is 428 g/mol. The molecule has 2 aromatic carbocycles. The van der Waals surface area contributed by atoms with Crippen molar-refractivity contribution in [3.8, 4) is 11.4 Å². The normalized spacial score (nSPS) is 11.1. The summed E-state index contributed by atoms with van der Waals surface area (Å²) < 4.78 is 5.04. The Hall–Kier alpha value is -4.04. The lowest BCUT2D eigenvalue weighted by molar-refractivity contribution is 0.0526. The quantitative estimate of drug-likeness (QED) is 0.285. The minimum Gasteiger partial charge on any atom is -0.462 e. The van der Waals surface area contributed by atoms with E-state index < -0.39 is 5.97 Å². The molecule has 0 bridgehead atoms.